The Hall–Kier alpha value is -2.92. The lowest BCUT2D eigenvalue weighted by Crippen LogP contribution is -2.23. The maximum Gasteiger partial charge on any atom is 0.273 e. The zero-order valence-corrected chi connectivity index (χ0v) is 14.9. The molecule has 0 fully saturated rings. The number of nitrogens with zero attached hydrogens (tertiary/aromatic N) is 2. The molecule has 0 aliphatic rings. The van der Waals surface area contributed by atoms with Gasteiger partial charge in [-0.2, -0.15) is 0 Å². The summed E-state index contributed by atoms with van der Waals surface area (Å²) < 4.78 is 5.31. The summed E-state index contributed by atoms with van der Waals surface area (Å²) in [5.74, 6) is 0.459. The van der Waals surface area contributed by atoms with Gasteiger partial charge in [-0.1, -0.05) is 65.8 Å². The Labute approximate surface area is 153 Å². The van der Waals surface area contributed by atoms with Crippen LogP contribution in [0, 0.1) is 0 Å². The van der Waals surface area contributed by atoms with E-state index in [2.05, 4.69) is 27.5 Å². The fourth-order valence-electron chi connectivity index (χ4n) is 2.67. The van der Waals surface area contributed by atoms with Crippen LogP contribution in [0.5, 0.6) is 0 Å². The minimum atomic E-state index is -0.226. The molecule has 0 saturated carbocycles. The molecule has 5 heteroatoms. The van der Waals surface area contributed by atoms with Crippen LogP contribution < -0.4 is 5.32 Å². The maximum atomic E-state index is 12.2. The molecule has 2 aromatic carbocycles. The van der Waals surface area contributed by atoms with Gasteiger partial charge in [0, 0.05) is 19.2 Å². The molecule has 0 aliphatic carbocycles. The molecule has 0 aliphatic heterocycles. The van der Waals surface area contributed by atoms with E-state index in [1.54, 1.807) is 6.07 Å². The largest absolute Gasteiger partial charge is 0.359 e. The van der Waals surface area contributed by atoms with Crippen molar-refractivity contribution >= 4 is 5.91 Å². The van der Waals surface area contributed by atoms with E-state index in [1.165, 1.54) is 5.56 Å². The summed E-state index contributed by atoms with van der Waals surface area (Å²) in [6.45, 7) is 1.99. The van der Waals surface area contributed by atoms with Crippen molar-refractivity contribution < 1.29 is 9.32 Å². The van der Waals surface area contributed by atoms with Crippen molar-refractivity contribution in [3.8, 4) is 0 Å². The first-order chi connectivity index (χ1) is 12.7. The Bertz CT molecular complexity index is 816. The van der Waals surface area contributed by atoms with Gasteiger partial charge in [-0.25, -0.2) is 0 Å². The molecule has 0 bridgehead atoms. The quantitative estimate of drug-likeness (QED) is 0.678. The summed E-state index contributed by atoms with van der Waals surface area (Å²) >= 11 is 0. The summed E-state index contributed by atoms with van der Waals surface area (Å²) in [6, 6.07) is 21.8. The molecule has 1 N–H and O–H groups in total. The normalized spacial score (nSPS) is 10.8. The molecule has 0 unspecified atom stereocenters. The molecule has 3 rings (SSSR count). The van der Waals surface area contributed by atoms with E-state index in [-0.39, 0.29) is 5.91 Å². The van der Waals surface area contributed by atoms with Gasteiger partial charge >= 0.3 is 0 Å². The van der Waals surface area contributed by atoms with Crippen LogP contribution in [0.4, 0.5) is 0 Å². The highest BCUT2D eigenvalue weighted by molar-refractivity contribution is 5.92. The van der Waals surface area contributed by atoms with Gasteiger partial charge in [-0.3, -0.25) is 9.69 Å². The summed E-state index contributed by atoms with van der Waals surface area (Å²) in [4.78, 5) is 14.3. The number of hydrogen-bond acceptors (Lipinski definition) is 4. The highest BCUT2D eigenvalue weighted by Gasteiger charge is 2.13. The first kappa shape index (κ1) is 17.9. The van der Waals surface area contributed by atoms with Crippen LogP contribution >= 0.6 is 0 Å². The predicted molar refractivity (Wildman–Crippen MR) is 101 cm³/mol. The van der Waals surface area contributed by atoms with Crippen LogP contribution in [-0.2, 0) is 19.5 Å². The van der Waals surface area contributed by atoms with Crippen molar-refractivity contribution in [2.75, 3.05) is 13.6 Å². The van der Waals surface area contributed by atoms with Crippen LogP contribution in [0.15, 0.2) is 71.3 Å². The van der Waals surface area contributed by atoms with Crippen molar-refractivity contribution in [1.82, 2.24) is 15.4 Å². The molecule has 0 atom stereocenters. The van der Waals surface area contributed by atoms with Crippen LogP contribution in [0.1, 0.15) is 27.4 Å². The number of carbonyl (C=O) groups excluding carboxylic acids is 1. The van der Waals surface area contributed by atoms with Crippen molar-refractivity contribution in [3.63, 3.8) is 0 Å². The first-order valence-electron chi connectivity index (χ1n) is 8.71. The van der Waals surface area contributed by atoms with Gasteiger partial charge in [-0.15, -0.1) is 0 Å². The van der Waals surface area contributed by atoms with E-state index in [0.29, 0.717) is 24.5 Å². The third-order valence-electron chi connectivity index (χ3n) is 4.14. The second-order valence-electron chi connectivity index (χ2n) is 6.32. The minimum Gasteiger partial charge on any atom is -0.359 e. The molecular weight excluding hydrogens is 326 g/mol. The minimum absolute atomic E-state index is 0.226. The highest BCUT2D eigenvalue weighted by atomic mass is 16.5. The van der Waals surface area contributed by atoms with Gasteiger partial charge in [0.15, 0.2) is 11.5 Å². The van der Waals surface area contributed by atoms with Crippen LogP contribution in [-0.4, -0.2) is 29.6 Å². The van der Waals surface area contributed by atoms with Crippen LogP contribution in [0.2, 0.25) is 0 Å². The number of carbonyl (C=O) groups is 1. The van der Waals surface area contributed by atoms with Gasteiger partial charge in [0.1, 0.15) is 0 Å². The standard InChI is InChI=1S/C21H23N3O2/c1-24(13-12-17-8-4-2-5-9-17)16-19-14-20(23-26-19)21(25)22-15-18-10-6-3-7-11-18/h2-11,14H,12-13,15-16H2,1H3,(H,22,25). The summed E-state index contributed by atoms with van der Waals surface area (Å²) in [5.41, 5.74) is 2.66. The number of hydrogen-bond donors (Lipinski definition) is 1. The Balaban J connectivity index is 1.46. The van der Waals surface area contributed by atoms with Crippen molar-refractivity contribution in [1.29, 1.82) is 0 Å². The van der Waals surface area contributed by atoms with E-state index >= 15 is 0 Å². The lowest BCUT2D eigenvalue weighted by molar-refractivity contribution is 0.0941. The molecule has 1 aromatic heterocycles. The molecule has 26 heavy (non-hydrogen) atoms. The van der Waals surface area contributed by atoms with E-state index in [1.807, 2.05) is 55.6 Å². The molecule has 0 radical (unpaired) electrons. The fraction of sp³-hybridized carbons (Fsp3) is 0.238. The number of likely N-dealkylation sites (N-methyl/N-ethyl adjacent to an activating group) is 1. The third-order valence-corrected chi connectivity index (χ3v) is 4.14. The zero-order chi connectivity index (χ0) is 18.2. The molecule has 0 spiro atoms. The number of rotatable bonds is 8. The zero-order valence-electron chi connectivity index (χ0n) is 14.9. The molecule has 0 saturated heterocycles. The monoisotopic (exact) mass is 349 g/mol. The third kappa shape index (κ3) is 5.29. The smallest absolute Gasteiger partial charge is 0.273 e. The van der Waals surface area contributed by atoms with Crippen molar-refractivity contribution in [2.45, 2.75) is 19.5 Å². The van der Waals surface area contributed by atoms with Crippen LogP contribution in [0.25, 0.3) is 0 Å². The van der Waals surface area contributed by atoms with Gasteiger partial charge in [0.05, 0.1) is 6.54 Å². The SMILES string of the molecule is CN(CCc1ccccc1)Cc1cc(C(=O)NCc2ccccc2)no1. The number of amides is 1. The molecular formula is C21H23N3O2. The van der Waals surface area contributed by atoms with Gasteiger partial charge in [-0.05, 0) is 24.6 Å². The van der Waals surface area contributed by atoms with Gasteiger partial charge < -0.3 is 9.84 Å². The van der Waals surface area contributed by atoms with Crippen molar-refractivity contribution in [2.24, 2.45) is 0 Å². The number of nitrogens with one attached hydrogen (secondary N) is 1. The summed E-state index contributed by atoms with van der Waals surface area (Å²) in [6.07, 6.45) is 0.968. The molecule has 3 aromatic rings. The van der Waals surface area contributed by atoms with E-state index in [0.717, 1.165) is 18.5 Å². The number of benzene rings is 2. The maximum absolute atomic E-state index is 12.2. The summed E-state index contributed by atoms with van der Waals surface area (Å²) in [7, 11) is 2.03. The topological polar surface area (TPSA) is 58.4 Å². The second-order valence-corrected chi connectivity index (χ2v) is 6.32. The Morgan fingerprint density at radius 3 is 2.38 bits per heavy atom. The van der Waals surface area contributed by atoms with E-state index in [9.17, 15) is 4.79 Å². The molecule has 5 nitrogen and oxygen atoms in total. The highest BCUT2D eigenvalue weighted by Crippen LogP contribution is 2.08. The van der Waals surface area contributed by atoms with Gasteiger partial charge in [0.2, 0.25) is 0 Å². The Kier molecular flexibility index (Phi) is 6.17. The van der Waals surface area contributed by atoms with Crippen molar-refractivity contribution in [3.05, 3.63) is 89.3 Å². The molecule has 1 amide bonds. The molecule has 1 heterocycles. The van der Waals surface area contributed by atoms with E-state index in [4.69, 9.17) is 4.52 Å². The second kappa shape index (κ2) is 8.97. The molecule has 134 valence electrons. The average molecular weight is 349 g/mol. The Morgan fingerprint density at radius 1 is 1.04 bits per heavy atom. The average Bonchev–Trinajstić information content (AvgIpc) is 3.14. The lowest BCUT2D eigenvalue weighted by atomic mass is 10.1. The number of aromatic nitrogens is 1. The summed E-state index contributed by atoms with van der Waals surface area (Å²) in [5, 5.41) is 6.74. The lowest BCUT2D eigenvalue weighted by Gasteiger charge is -2.14. The van der Waals surface area contributed by atoms with Crippen LogP contribution in [0.3, 0.4) is 0 Å². The van der Waals surface area contributed by atoms with E-state index < -0.39 is 0 Å². The fourth-order valence-corrected chi connectivity index (χ4v) is 2.67. The first-order valence-corrected chi connectivity index (χ1v) is 8.71. The predicted octanol–water partition coefficient (Wildman–Crippen LogP) is 3.28. The van der Waals surface area contributed by atoms with Gasteiger partial charge in [0.25, 0.3) is 5.91 Å². The Morgan fingerprint density at radius 2 is 1.69 bits per heavy atom.